The molecule has 10 heteroatoms. The summed E-state index contributed by atoms with van der Waals surface area (Å²) < 4.78 is 49.8. The summed E-state index contributed by atoms with van der Waals surface area (Å²) in [6, 6.07) is 8.86. The molecular formula is C22H29F3IN3O3. The Morgan fingerprint density at radius 1 is 1.19 bits per heavy atom. The first kappa shape index (κ1) is 26.5. The Balaban J connectivity index is 0.00000363. The van der Waals surface area contributed by atoms with Crippen LogP contribution >= 0.6 is 24.0 Å². The van der Waals surface area contributed by atoms with Gasteiger partial charge in [-0.25, -0.2) is 4.99 Å². The second kappa shape index (κ2) is 12.4. The molecule has 1 aliphatic rings. The number of alkyl halides is 3. The molecule has 1 unspecified atom stereocenters. The second-order valence-corrected chi connectivity index (χ2v) is 7.75. The Morgan fingerprint density at radius 2 is 2.03 bits per heavy atom. The average Bonchev–Trinajstić information content (AvgIpc) is 3.42. The van der Waals surface area contributed by atoms with Crippen LogP contribution in [0, 0.1) is 5.41 Å². The number of halogens is 4. The molecule has 178 valence electrons. The molecule has 0 aliphatic carbocycles. The highest BCUT2D eigenvalue weighted by atomic mass is 127. The van der Waals surface area contributed by atoms with Crippen LogP contribution in [0.15, 0.2) is 52.1 Å². The Kier molecular flexibility index (Phi) is 10.3. The van der Waals surface area contributed by atoms with Crippen molar-refractivity contribution in [1.29, 1.82) is 0 Å². The minimum absolute atomic E-state index is 0. The number of hydrogen-bond acceptors (Lipinski definition) is 4. The predicted molar refractivity (Wildman–Crippen MR) is 126 cm³/mol. The van der Waals surface area contributed by atoms with Gasteiger partial charge >= 0.3 is 6.18 Å². The second-order valence-electron chi connectivity index (χ2n) is 7.75. The zero-order chi connectivity index (χ0) is 22.2. The third kappa shape index (κ3) is 7.96. The number of aliphatic hydroxyl groups is 1. The lowest BCUT2D eigenvalue weighted by molar-refractivity contribution is -0.137. The summed E-state index contributed by atoms with van der Waals surface area (Å²) in [4.78, 5) is 4.48. The third-order valence-corrected chi connectivity index (χ3v) is 5.38. The van der Waals surface area contributed by atoms with E-state index in [1.807, 2.05) is 12.1 Å². The van der Waals surface area contributed by atoms with Crippen LogP contribution in [0.1, 0.15) is 29.7 Å². The fourth-order valence-electron chi connectivity index (χ4n) is 3.53. The van der Waals surface area contributed by atoms with Crippen molar-refractivity contribution < 1.29 is 27.4 Å². The molecule has 0 amide bonds. The van der Waals surface area contributed by atoms with E-state index in [9.17, 15) is 18.3 Å². The number of hydrogen-bond donors (Lipinski definition) is 3. The van der Waals surface area contributed by atoms with Gasteiger partial charge in [0.25, 0.3) is 0 Å². The summed E-state index contributed by atoms with van der Waals surface area (Å²) in [6.07, 6.45) is -0.709. The van der Waals surface area contributed by atoms with Crippen LogP contribution in [0.2, 0.25) is 0 Å². The van der Waals surface area contributed by atoms with Crippen LogP contribution in [-0.2, 0) is 23.9 Å². The number of aliphatic hydroxyl groups excluding tert-OH is 1. The van der Waals surface area contributed by atoms with Gasteiger partial charge in [0.2, 0.25) is 0 Å². The highest BCUT2D eigenvalue weighted by Crippen LogP contribution is 2.31. The maximum atomic E-state index is 13.0. The van der Waals surface area contributed by atoms with E-state index in [0.717, 1.165) is 24.3 Å². The van der Waals surface area contributed by atoms with E-state index in [1.54, 1.807) is 12.3 Å². The van der Waals surface area contributed by atoms with E-state index < -0.39 is 11.7 Å². The molecular weight excluding hydrogens is 538 g/mol. The molecule has 32 heavy (non-hydrogen) atoms. The molecule has 1 aromatic carbocycles. The van der Waals surface area contributed by atoms with Crippen molar-refractivity contribution in [3.05, 3.63) is 59.5 Å². The number of benzene rings is 1. The monoisotopic (exact) mass is 567 g/mol. The van der Waals surface area contributed by atoms with Crippen molar-refractivity contribution in [1.82, 2.24) is 10.6 Å². The van der Waals surface area contributed by atoms with Crippen LogP contribution in [0.4, 0.5) is 13.2 Å². The highest BCUT2D eigenvalue weighted by molar-refractivity contribution is 14.0. The van der Waals surface area contributed by atoms with Gasteiger partial charge in [0.15, 0.2) is 5.96 Å². The van der Waals surface area contributed by atoms with Gasteiger partial charge in [-0.2, -0.15) is 13.2 Å². The van der Waals surface area contributed by atoms with Crippen LogP contribution in [0.3, 0.4) is 0 Å². The van der Waals surface area contributed by atoms with Gasteiger partial charge < -0.3 is 24.9 Å². The number of ether oxygens (including phenoxy) is 1. The number of aliphatic imine (C=N–C) groups is 1. The maximum absolute atomic E-state index is 13.0. The lowest BCUT2D eigenvalue weighted by Gasteiger charge is -2.27. The lowest BCUT2D eigenvalue weighted by Crippen LogP contribution is -2.45. The van der Waals surface area contributed by atoms with E-state index in [2.05, 4.69) is 15.6 Å². The molecule has 3 rings (SSSR count). The zero-order valence-electron chi connectivity index (χ0n) is 17.7. The molecule has 1 aliphatic heterocycles. The molecule has 1 saturated heterocycles. The molecule has 0 saturated carbocycles. The van der Waals surface area contributed by atoms with Crippen molar-refractivity contribution >= 4 is 29.9 Å². The maximum Gasteiger partial charge on any atom is 0.416 e. The summed E-state index contributed by atoms with van der Waals surface area (Å²) in [5.41, 5.74) is -0.407. The number of nitrogens with one attached hydrogen (secondary N) is 2. The molecule has 6 nitrogen and oxygen atoms in total. The molecule has 0 spiro atoms. The number of guanidine groups is 1. The normalized spacial score (nSPS) is 18.9. The van der Waals surface area contributed by atoms with Crippen LogP contribution in [0.25, 0.3) is 0 Å². The smallest absolute Gasteiger partial charge is 0.416 e. The van der Waals surface area contributed by atoms with Gasteiger partial charge in [-0.05, 0) is 42.7 Å². The quantitative estimate of drug-likeness (QED) is 0.243. The highest BCUT2D eigenvalue weighted by Gasteiger charge is 2.34. The van der Waals surface area contributed by atoms with Gasteiger partial charge in [-0.3, -0.25) is 0 Å². The first-order valence-electron chi connectivity index (χ1n) is 10.3. The van der Waals surface area contributed by atoms with Crippen molar-refractivity contribution in [2.24, 2.45) is 10.4 Å². The fraction of sp³-hybridized carbons (Fsp3) is 0.500. The molecule has 3 N–H and O–H groups in total. The fourth-order valence-corrected chi connectivity index (χ4v) is 3.53. The Bertz CT molecular complexity index is 838. The molecule has 0 bridgehead atoms. The van der Waals surface area contributed by atoms with Gasteiger partial charge in [-0.15, -0.1) is 24.0 Å². The molecule has 2 heterocycles. The molecule has 2 aromatic rings. The topological polar surface area (TPSA) is 79.0 Å². The van der Waals surface area contributed by atoms with Crippen LogP contribution in [0.5, 0.6) is 0 Å². The Labute approximate surface area is 202 Å². The van der Waals surface area contributed by atoms with E-state index in [0.29, 0.717) is 50.7 Å². The van der Waals surface area contributed by atoms with E-state index in [-0.39, 0.29) is 42.5 Å². The molecule has 1 fully saturated rings. The zero-order valence-corrected chi connectivity index (χ0v) is 20.0. The van der Waals surface area contributed by atoms with E-state index in [4.69, 9.17) is 9.15 Å². The lowest BCUT2D eigenvalue weighted by atomic mass is 9.84. The van der Waals surface area contributed by atoms with Gasteiger partial charge in [0, 0.05) is 38.1 Å². The number of rotatable bonds is 9. The molecule has 1 aromatic heterocycles. The van der Waals surface area contributed by atoms with Crippen molar-refractivity contribution in [2.75, 3.05) is 32.9 Å². The minimum Gasteiger partial charge on any atom is -0.469 e. The van der Waals surface area contributed by atoms with Crippen LogP contribution < -0.4 is 10.6 Å². The van der Waals surface area contributed by atoms with Crippen molar-refractivity contribution in [3.63, 3.8) is 0 Å². The summed E-state index contributed by atoms with van der Waals surface area (Å²) >= 11 is 0. The first-order valence-corrected chi connectivity index (χ1v) is 10.3. The standard InChI is InChI=1S/C22H28F3N3O3.HI/c23-22(24,25)18-4-1-3-17(13-18)14-27-20(26-9-6-19-5-2-11-31-19)28-15-21(7-10-29)8-12-30-16-21;/h1-5,11,13,29H,6-10,12,14-16H2,(H2,26,27,28);1H. The summed E-state index contributed by atoms with van der Waals surface area (Å²) in [5.74, 6) is 1.32. The summed E-state index contributed by atoms with van der Waals surface area (Å²) in [7, 11) is 0. The predicted octanol–water partition coefficient (Wildman–Crippen LogP) is 3.98. The molecule has 0 radical (unpaired) electrons. The molecule has 1 atom stereocenters. The first-order chi connectivity index (χ1) is 14.9. The average molecular weight is 567 g/mol. The number of furan rings is 1. The Morgan fingerprint density at radius 3 is 2.69 bits per heavy atom. The SMILES string of the molecule is I.OCCC1(CNC(=NCc2cccc(C(F)(F)F)c2)NCCc2ccco2)CCOC1. The third-order valence-electron chi connectivity index (χ3n) is 5.38. The van der Waals surface area contributed by atoms with Gasteiger partial charge in [0.1, 0.15) is 5.76 Å². The van der Waals surface area contributed by atoms with Crippen LogP contribution in [-0.4, -0.2) is 44.0 Å². The van der Waals surface area contributed by atoms with Gasteiger partial charge in [-0.1, -0.05) is 12.1 Å². The Hall–Kier alpha value is -1.79. The van der Waals surface area contributed by atoms with Gasteiger partial charge in [0.05, 0.1) is 25.0 Å². The summed E-state index contributed by atoms with van der Waals surface area (Å²) in [5, 5.41) is 15.9. The van der Waals surface area contributed by atoms with Crippen molar-refractivity contribution in [3.8, 4) is 0 Å². The summed E-state index contributed by atoms with van der Waals surface area (Å²) in [6.45, 7) is 2.45. The number of nitrogens with zero attached hydrogens (tertiary/aromatic N) is 1. The van der Waals surface area contributed by atoms with E-state index in [1.165, 1.54) is 6.07 Å². The van der Waals surface area contributed by atoms with E-state index >= 15 is 0 Å². The largest absolute Gasteiger partial charge is 0.469 e. The van der Waals surface area contributed by atoms with Crippen molar-refractivity contribution in [2.45, 2.75) is 32.0 Å². The minimum atomic E-state index is -4.39.